The van der Waals surface area contributed by atoms with E-state index in [0.717, 1.165) is 54.5 Å². The molecule has 0 heterocycles. The summed E-state index contributed by atoms with van der Waals surface area (Å²) in [4.78, 5) is 0. The van der Waals surface area contributed by atoms with Crippen LogP contribution in [-0.4, -0.2) is 33.0 Å². The van der Waals surface area contributed by atoms with Crippen LogP contribution >= 0.6 is 0 Å². The minimum absolute atomic E-state index is 0.441. The van der Waals surface area contributed by atoms with E-state index in [1.807, 2.05) is 72.8 Å². The van der Waals surface area contributed by atoms with Crippen LogP contribution in [0, 0.1) is 0 Å². The standard InChI is InChI=1S/C32H35NO4/c1-4-11-27(12-5-1)13-10-20-33-26-28-18-19-31(36-22-21-34-29-14-6-2-7-15-29)25-32(28)37-24-23-35-30-16-8-3-9-17-30/h1-9,11-12,14-19,25,33H,10,13,20-24,26H2. The highest BCUT2D eigenvalue weighted by molar-refractivity contribution is 5.41. The Balaban J connectivity index is 1.27. The Hall–Kier alpha value is -3.96. The van der Waals surface area contributed by atoms with Gasteiger partial charge in [-0.15, -0.1) is 0 Å². The SMILES string of the molecule is c1ccc(CCCNCc2ccc(OCCOc3ccccc3)cc2OCCOc2ccccc2)cc1. The van der Waals surface area contributed by atoms with Gasteiger partial charge in [-0.25, -0.2) is 0 Å². The van der Waals surface area contributed by atoms with Crippen molar-refractivity contribution in [1.29, 1.82) is 0 Å². The molecule has 0 saturated heterocycles. The third-order valence-corrected chi connectivity index (χ3v) is 5.73. The van der Waals surface area contributed by atoms with Gasteiger partial charge in [0.2, 0.25) is 0 Å². The highest BCUT2D eigenvalue weighted by Gasteiger charge is 2.08. The van der Waals surface area contributed by atoms with Crippen molar-refractivity contribution in [3.8, 4) is 23.0 Å². The molecule has 5 nitrogen and oxygen atoms in total. The van der Waals surface area contributed by atoms with Crippen LogP contribution < -0.4 is 24.3 Å². The fourth-order valence-corrected chi connectivity index (χ4v) is 3.85. The number of hydrogen-bond donors (Lipinski definition) is 1. The third kappa shape index (κ3) is 9.54. The molecule has 0 saturated carbocycles. The second-order valence-corrected chi connectivity index (χ2v) is 8.56. The van der Waals surface area contributed by atoms with Crippen molar-refractivity contribution in [3.05, 3.63) is 120 Å². The minimum Gasteiger partial charge on any atom is -0.490 e. The zero-order valence-electron chi connectivity index (χ0n) is 21.2. The van der Waals surface area contributed by atoms with Gasteiger partial charge in [0.25, 0.3) is 0 Å². The minimum atomic E-state index is 0.441. The number of benzene rings is 4. The van der Waals surface area contributed by atoms with E-state index in [1.165, 1.54) is 5.56 Å². The molecule has 1 N–H and O–H groups in total. The monoisotopic (exact) mass is 497 g/mol. The van der Waals surface area contributed by atoms with Crippen molar-refractivity contribution >= 4 is 0 Å². The van der Waals surface area contributed by atoms with Crippen LogP contribution in [0.15, 0.2) is 109 Å². The molecule has 192 valence electrons. The van der Waals surface area contributed by atoms with Gasteiger partial charge in [-0.3, -0.25) is 0 Å². The molecular formula is C32H35NO4. The molecule has 0 aliphatic carbocycles. The summed E-state index contributed by atoms with van der Waals surface area (Å²) in [6.45, 7) is 3.47. The van der Waals surface area contributed by atoms with Gasteiger partial charge in [0.05, 0.1) is 0 Å². The second kappa shape index (κ2) is 15.2. The molecule has 0 aromatic heterocycles. The van der Waals surface area contributed by atoms with E-state index in [4.69, 9.17) is 18.9 Å². The fourth-order valence-electron chi connectivity index (χ4n) is 3.85. The molecule has 37 heavy (non-hydrogen) atoms. The van der Waals surface area contributed by atoms with E-state index in [9.17, 15) is 0 Å². The quantitative estimate of drug-likeness (QED) is 0.184. The van der Waals surface area contributed by atoms with Gasteiger partial charge in [0.1, 0.15) is 49.4 Å². The summed E-state index contributed by atoms with van der Waals surface area (Å²) in [6.07, 6.45) is 2.14. The number of hydrogen-bond acceptors (Lipinski definition) is 5. The highest BCUT2D eigenvalue weighted by Crippen LogP contribution is 2.25. The number of para-hydroxylation sites is 2. The Labute approximate surface area is 220 Å². The first kappa shape index (κ1) is 26.1. The van der Waals surface area contributed by atoms with Crippen LogP contribution in [0.1, 0.15) is 17.5 Å². The molecule has 0 radical (unpaired) electrons. The molecule has 4 rings (SSSR count). The lowest BCUT2D eigenvalue weighted by molar-refractivity contribution is 0.208. The van der Waals surface area contributed by atoms with Crippen LogP contribution in [0.4, 0.5) is 0 Å². The summed E-state index contributed by atoms with van der Waals surface area (Å²) < 4.78 is 23.6. The van der Waals surface area contributed by atoms with Gasteiger partial charge in [0.15, 0.2) is 0 Å². The van der Waals surface area contributed by atoms with Gasteiger partial charge >= 0.3 is 0 Å². The Kier molecular flexibility index (Phi) is 10.7. The van der Waals surface area contributed by atoms with Crippen molar-refractivity contribution in [2.45, 2.75) is 19.4 Å². The van der Waals surface area contributed by atoms with Crippen molar-refractivity contribution in [3.63, 3.8) is 0 Å². The first-order valence-corrected chi connectivity index (χ1v) is 12.9. The Bertz CT molecular complexity index is 1150. The molecule has 4 aromatic carbocycles. The molecule has 0 unspecified atom stereocenters. The van der Waals surface area contributed by atoms with Gasteiger partial charge in [-0.05, 0) is 55.3 Å². The zero-order chi connectivity index (χ0) is 25.4. The summed E-state index contributed by atoms with van der Waals surface area (Å²) in [5.74, 6) is 3.22. The van der Waals surface area contributed by atoms with Crippen LogP contribution in [0.5, 0.6) is 23.0 Å². The molecule has 0 aliphatic rings. The maximum atomic E-state index is 6.13. The second-order valence-electron chi connectivity index (χ2n) is 8.56. The van der Waals surface area contributed by atoms with E-state index >= 15 is 0 Å². The summed E-state index contributed by atoms with van der Waals surface area (Å²) in [7, 11) is 0. The summed E-state index contributed by atoms with van der Waals surface area (Å²) in [5, 5.41) is 3.55. The predicted molar refractivity (Wildman–Crippen MR) is 148 cm³/mol. The van der Waals surface area contributed by atoms with Crippen molar-refractivity contribution in [2.24, 2.45) is 0 Å². The molecule has 0 atom stereocenters. The normalized spacial score (nSPS) is 10.6. The first-order valence-electron chi connectivity index (χ1n) is 12.9. The Morgan fingerprint density at radius 3 is 1.68 bits per heavy atom. The topological polar surface area (TPSA) is 49.0 Å². The van der Waals surface area contributed by atoms with Gasteiger partial charge in [-0.2, -0.15) is 0 Å². The molecule has 4 aromatic rings. The van der Waals surface area contributed by atoms with Crippen molar-refractivity contribution in [1.82, 2.24) is 5.32 Å². The lowest BCUT2D eigenvalue weighted by atomic mass is 10.1. The molecule has 0 amide bonds. The van der Waals surface area contributed by atoms with E-state index in [2.05, 4.69) is 41.7 Å². The van der Waals surface area contributed by atoms with Crippen LogP contribution in [0.3, 0.4) is 0 Å². The van der Waals surface area contributed by atoms with Crippen LogP contribution in [0.2, 0.25) is 0 Å². The van der Waals surface area contributed by atoms with E-state index < -0.39 is 0 Å². The average Bonchev–Trinajstić information content (AvgIpc) is 2.96. The smallest absolute Gasteiger partial charge is 0.127 e. The van der Waals surface area contributed by atoms with Crippen molar-refractivity contribution < 1.29 is 18.9 Å². The number of rotatable bonds is 16. The maximum absolute atomic E-state index is 6.13. The Morgan fingerprint density at radius 1 is 0.514 bits per heavy atom. The number of nitrogens with one attached hydrogen (secondary N) is 1. The van der Waals surface area contributed by atoms with E-state index in [-0.39, 0.29) is 0 Å². The summed E-state index contributed by atoms with van der Waals surface area (Å²) >= 11 is 0. The predicted octanol–water partition coefficient (Wildman–Crippen LogP) is 6.32. The highest BCUT2D eigenvalue weighted by atomic mass is 16.5. The lowest BCUT2D eigenvalue weighted by Crippen LogP contribution is -2.17. The zero-order valence-corrected chi connectivity index (χ0v) is 21.2. The van der Waals surface area contributed by atoms with Crippen molar-refractivity contribution in [2.75, 3.05) is 33.0 Å². The van der Waals surface area contributed by atoms with Gasteiger partial charge < -0.3 is 24.3 Å². The first-order chi connectivity index (χ1) is 18.4. The molecule has 0 aliphatic heterocycles. The molecule has 0 fully saturated rings. The van der Waals surface area contributed by atoms with E-state index in [1.54, 1.807) is 0 Å². The summed E-state index contributed by atoms with van der Waals surface area (Å²) in [6, 6.07) is 36.1. The summed E-state index contributed by atoms with van der Waals surface area (Å²) in [5.41, 5.74) is 2.46. The number of ether oxygens (including phenoxy) is 4. The third-order valence-electron chi connectivity index (χ3n) is 5.73. The molecule has 0 spiro atoms. The maximum Gasteiger partial charge on any atom is 0.127 e. The largest absolute Gasteiger partial charge is 0.490 e. The molecular weight excluding hydrogens is 462 g/mol. The van der Waals surface area contributed by atoms with Crippen LogP contribution in [-0.2, 0) is 13.0 Å². The molecule has 0 bridgehead atoms. The lowest BCUT2D eigenvalue weighted by Gasteiger charge is -2.15. The number of aryl methyl sites for hydroxylation is 1. The van der Waals surface area contributed by atoms with Gasteiger partial charge in [0, 0.05) is 18.2 Å². The Morgan fingerprint density at radius 2 is 1.05 bits per heavy atom. The fraction of sp³-hybridized carbons (Fsp3) is 0.250. The van der Waals surface area contributed by atoms with Gasteiger partial charge in [-0.1, -0.05) is 72.8 Å². The average molecular weight is 498 g/mol. The van der Waals surface area contributed by atoms with Crippen LogP contribution in [0.25, 0.3) is 0 Å². The molecule has 5 heteroatoms. The van der Waals surface area contributed by atoms with E-state index in [0.29, 0.717) is 26.4 Å².